The van der Waals surface area contributed by atoms with Gasteiger partial charge in [-0.1, -0.05) is 32.0 Å². The summed E-state index contributed by atoms with van der Waals surface area (Å²) < 4.78 is 0. The van der Waals surface area contributed by atoms with Gasteiger partial charge in [0.05, 0.1) is 6.42 Å². The zero-order valence-corrected chi connectivity index (χ0v) is 11.3. The molecule has 18 heavy (non-hydrogen) atoms. The monoisotopic (exact) mass is 246 g/mol. The van der Waals surface area contributed by atoms with Crippen LogP contribution in [-0.2, 0) is 17.6 Å². The van der Waals surface area contributed by atoms with E-state index in [1.54, 1.807) is 0 Å². The Hall–Kier alpha value is -1.31. The summed E-state index contributed by atoms with van der Waals surface area (Å²) in [5, 5.41) is 9.11. The summed E-state index contributed by atoms with van der Waals surface area (Å²) in [6.07, 6.45) is 4.67. The third-order valence-corrected chi connectivity index (χ3v) is 3.98. The van der Waals surface area contributed by atoms with Crippen molar-refractivity contribution < 1.29 is 9.90 Å². The third-order valence-electron chi connectivity index (χ3n) is 3.98. The molecule has 1 aromatic rings. The minimum Gasteiger partial charge on any atom is -0.481 e. The van der Waals surface area contributed by atoms with Crippen molar-refractivity contribution in [2.45, 2.75) is 51.9 Å². The van der Waals surface area contributed by atoms with E-state index in [-0.39, 0.29) is 12.3 Å². The molecular weight excluding hydrogens is 224 g/mol. The van der Waals surface area contributed by atoms with E-state index in [9.17, 15) is 4.79 Å². The fourth-order valence-electron chi connectivity index (χ4n) is 2.75. The SMILES string of the molecule is CCc1ccc(CC)c(C(CC(=O)O)C2CC2)c1. The van der Waals surface area contributed by atoms with Crippen molar-refractivity contribution in [3.05, 3.63) is 34.9 Å². The Kier molecular flexibility index (Phi) is 4.05. The molecule has 1 aromatic carbocycles. The summed E-state index contributed by atoms with van der Waals surface area (Å²) >= 11 is 0. The van der Waals surface area contributed by atoms with E-state index in [0.29, 0.717) is 5.92 Å². The third kappa shape index (κ3) is 2.92. The molecule has 98 valence electrons. The van der Waals surface area contributed by atoms with E-state index in [4.69, 9.17) is 5.11 Å². The molecule has 0 amide bonds. The Balaban J connectivity index is 2.34. The van der Waals surface area contributed by atoms with Crippen LogP contribution in [0, 0.1) is 5.92 Å². The van der Waals surface area contributed by atoms with Crippen molar-refractivity contribution in [3.63, 3.8) is 0 Å². The first-order valence-corrected chi connectivity index (χ1v) is 6.99. The first-order valence-electron chi connectivity index (χ1n) is 6.99. The zero-order valence-electron chi connectivity index (χ0n) is 11.3. The average molecular weight is 246 g/mol. The Labute approximate surface area is 109 Å². The zero-order chi connectivity index (χ0) is 13.1. The fraction of sp³-hybridized carbons (Fsp3) is 0.562. The van der Waals surface area contributed by atoms with Crippen molar-refractivity contribution in [1.29, 1.82) is 0 Å². The standard InChI is InChI=1S/C16H22O2/c1-3-11-5-6-12(4-2)14(9-11)15(10-16(17)18)13-7-8-13/h5-6,9,13,15H,3-4,7-8,10H2,1-2H3,(H,17,18). The van der Waals surface area contributed by atoms with E-state index in [1.165, 1.54) is 29.5 Å². The molecule has 0 aromatic heterocycles. The number of carboxylic acids is 1. The summed E-state index contributed by atoms with van der Waals surface area (Å²) in [7, 11) is 0. The molecular formula is C16H22O2. The number of hydrogen-bond donors (Lipinski definition) is 1. The molecule has 1 N–H and O–H groups in total. The highest BCUT2D eigenvalue weighted by Gasteiger charge is 2.34. The number of aryl methyl sites for hydroxylation is 2. The van der Waals surface area contributed by atoms with Gasteiger partial charge in [-0.15, -0.1) is 0 Å². The number of carboxylic acid groups (broad SMARTS) is 1. The number of carbonyl (C=O) groups is 1. The van der Waals surface area contributed by atoms with E-state index in [2.05, 4.69) is 32.0 Å². The molecule has 2 heteroatoms. The Morgan fingerprint density at radius 2 is 2.06 bits per heavy atom. The Bertz CT molecular complexity index is 433. The lowest BCUT2D eigenvalue weighted by molar-refractivity contribution is -0.137. The summed E-state index contributed by atoms with van der Waals surface area (Å²) in [4.78, 5) is 11.1. The van der Waals surface area contributed by atoms with Gasteiger partial charge in [0.1, 0.15) is 0 Å². The lowest BCUT2D eigenvalue weighted by atomic mass is 9.85. The van der Waals surface area contributed by atoms with Gasteiger partial charge in [-0.25, -0.2) is 0 Å². The van der Waals surface area contributed by atoms with Crippen molar-refractivity contribution in [2.75, 3.05) is 0 Å². The molecule has 0 radical (unpaired) electrons. The van der Waals surface area contributed by atoms with Crippen LogP contribution in [-0.4, -0.2) is 11.1 Å². The van der Waals surface area contributed by atoms with Gasteiger partial charge in [0.2, 0.25) is 0 Å². The maximum absolute atomic E-state index is 11.1. The van der Waals surface area contributed by atoms with Crippen LogP contribution < -0.4 is 0 Å². The Morgan fingerprint density at radius 1 is 1.33 bits per heavy atom. The van der Waals surface area contributed by atoms with Gasteiger partial charge >= 0.3 is 5.97 Å². The van der Waals surface area contributed by atoms with Crippen LogP contribution in [0.2, 0.25) is 0 Å². The molecule has 1 aliphatic carbocycles. The molecule has 1 atom stereocenters. The minimum absolute atomic E-state index is 0.226. The number of aliphatic carboxylic acids is 1. The molecule has 2 rings (SSSR count). The van der Waals surface area contributed by atoms with Crippen LogP contribution in [0.25, 0.3) is 0 Å². The highest BCUT2D eigenvalue weighted by Crippen LogP contribution is 2.45. The van der Waals surface area contributed by atoms with Crippen molar-refractivity contribution in [3.8, 4) is 0 Å². The topological polar surface area (TPSA) is 37.3 Å². The number of benzene rings is 1. The fourth-order valence-corrected chi connectivity index (χ4v) is 2.75. The summed E-state index contributed by atoms with van der Waals surface area (Å²) in [6, 6.07) is 6.60. The summed E-state index contributed by atoms with van der Waals surface area (Å²) in [5.41, 5.74) is 3.94. The second kappa shape index (κ2) is 5.55. The highest BCUT2D eigenvalue weighted by atomic mass is 16.4. The lowest BCUT2D eigenvalue weighted by Crippen LogP contribution is -2.11. The molecule has 2 nitrogen and oxygen atoms in total. The van der Waals surface area contributed by atoms with Gasteiger partial charge < -0.3 is 5.11 Å². The van der Waals surface area contributed by atoms with Gasteiger partial charge in [-0.05, 0) is 54.2 Å². The first kappa shape index (κ1) is 13.1. The molecule has 0 heterocycles. The number of rotatable bonds is 6. The molecule has 0 bridgehead atoms. The molecule has 0 spiro atoms. The first-order chi connectivity index (χ1) is 8.65. The quantitative estimate of drug-likeness (QED) is 0.829. The summed E-state index contributed by atoms with van der Waals surface area (Å²) in [5.74, 6) is 0.151. The van der Waals surface area contributed by atoms with E-state index >= 15 is 0 Å². The molecule has 1 fully saturated rings. The minimum atomic E-state index is -0.671. The molecule has 1 aliphatic rings. The predicted molar refractivity (Wildman–Crippen MR) is 72.9 cm³/mol. The smallest absolute Gasteiger partial charge is 0.303 e. The Morgan fingerprint density at radius 3 is 2.56 bits per heavy atom. The van der Waals surface area contributed by atoms with Crippen LogP contribution >= 0.6 is 0 Å². The van der Waals surface area contributed by atoms with Crippen molar-refractivity contribution in [2.24, 2.45) is 5.92 Å². The van der Waals surface area contributed by atoms with Gasteiger partial charge in [0, 0.05) is 0 Å². The van der Waals surface area contributed by atoms with Crippen LogP contribution in [0.15, 0.2) is 18.2 Å². The molecule has 1 saturated carbocycles. The lowest BCUT2D eigenvalue weighted by Gasteiger charge is -2.19. The van der Waals surface area contributed by atoms with Gasteiger partial charge in [-0.2, -0.15) is 0 Å². The number of hydrogen-bond acceptors (Lipinski definition) is 1. The van der Waals surface area contributed by atoms with Crippen LogP contribution in [0.4, 0.5) is 0 Å². The van der Waals surface area contributed by atoms with Gasteiger partial charge in [0.25, 0.3) is 0 Å². The average Bonchev–Trinajstić information content (AvgIpc) is 3.19. The van der Waals surface area contributed by atoms with Crippen LogP contribution in [0.1, 0.15) is 55.7 Å². The second-order valence-electron chi connectivity index (χ2n) is 5.28. The van der Waals surface area contributed by atoms with Gasteiger partial charge in [0.15, 0.2) is 0 Å². The summed E-state index contributed by atoms with van der Waals surface area (Å²) in [6.45, 7) is 4.29. The van der Waals surface area contributed by atoms with E-state index < -0.39 is 5.97 Å². The van der Waals surface area contributed by atoms with E-state index in [1.807, 2.05) is 0 Å². The van der Waals surface area contributed by atoms with Gasteiger partial charge in [-0.3, -0.25) is 4.79 Å². The molecule has 1 unspecified atom stereocenters. The maximum atomic E-state index is 11.1. The normalized spacial score (nSPS) is 16.6. The van der Waals surface area contributed by atoms with Crippen molar-refractivity contribution >= 4 is 5.97 Å². The van der Waals surface area contributed by atoms with Crippen LogP contribution in [0.5, 0.6) is 0 Å². The predicted octanol–water partition coefficient (Wildman–Crippen LogP) is 3.78. The van der Waals surface area contributed by atoms with E-state index in [0.717, 1.165) is 12.8 Å². The highest BCUT2D eigenvalue weighted by molar-refractivity contribution is 5.68. The largest absolute Gasteiger partial charge is 0.481 e. The molecule has 0 saturated heterocycles. The maximum Gasteiger partial charge on any atom is 0.303 e. The second-order valence-corrected chi connectivity index (χ2v) is 5.28. The molecule has 0 aliphatic heterocycles. The van der Waals surface area contributed by atoms with Crippen LogP contribution in [0.3, 0.4) is 0 Å². The van der Waals surface area contributed by atoms with Crippen molar-refractivity contribution in [1.82, 2.24) is 0 Å².